The summed E-state index contributed by atoms with van der Waals surface area (Å²) in [6.07, 6.45) is -0.753. The second-order valence-corrected chi connectivity index (χ2v) is 7.87. The van der Waals surface area contributed by atoms with Crippen LogP contribution < -0.4 is 21.7 Å². The van der Waals surface area contributed by atoms with Gasteiger partial charge in [0.25, 0.3) is 0 Å². The fraction of sp³-hybridized carbons (Fsp3) is 0.421. The molecule has 170 valence electrons. The van der Waals surface area contributed by atoms with Gasteiger partial charge < -0.3 is 16.2 Å². The van der Waals surface area contributed by atoms with E-state index in [-0.39, 0.29) is 35.2 Å². The van der Waals surface area contributed by atoms with Crippen LogP contribution in [0.3, 0.4) is 0 Å². The highest BCUT2D eigenvalue weighted by molar-refractivity contribution is 6.36. The fourth-order valence-corrected chi connectivity index (χ4v) is 2.91. The van der Waals surface area contributed by atoms with Crippen LogP contribution in [0, 0.1) is 11.3 Å². The van der Waals surface area contributed by atoms with Gasteiger partial charge in [-0.25, -0.2) is 4.79 Å². The van der Waals surface area contributed by atoms with Crippen LogP contribution >= 0.6 is 23.2 Å². The van der Waals surface area contributed by atoms with Crippen molar-refractivity contribution in [3.63, 3.8) is 0 Å². The SMILES string of the molecule is CC(C)[C@@H](N)C(=O)N[C@H](CCC(=O)NC(=N)NC(=O)Cc1c(Cl)cccc1Cl)C(=O)O. The molecule has 1 aromatic rings. The molecule has 12 heteroatoms. The third-order valence-corrected chi connectivity index (χ3v) is 4.93. The summed E-state index contributed by atoms with van der Waals surface area (Å²) in [5, 5.41) is 24.1. The molecule has 0 spiro atoms. The van der Waals surface area contributed by atoms with Gasteiger partial charge in [-0.15, -0.1) is 0 Å². The number of carboxylic acid groups (broad SMARTS) is 1. The predicted molar refractivity (Wildman–Crippen MR) is 116 cm³/mol. The van der Waals surface area contributed by atoms with Crippen molar-refractivity contribution in [2.45, 2.75) is 45.2 Å². The van der Waals surface area contributed by atoms with Crippen LogP contribution in [0.15, 0.2) is 18.2 Å². The summed E-state index contributed by atoms with van der Waals surface area (Å²) in [7, 11) is 0. The maximum absolute atomic E-state index is 12.0. The number of hydrogen-bond acceptors (Lipinski definition) is 6. The molecule has 1 rings (SSSR count). The molecule has 0 aliphatic rings. The van der Waals surface area contributed by atoms with Crippen LogP contribution in [-0.2, 0) is 25.6 Å². The lowest BCUT2D eigenvalue weighted by Gasteiger charge is -2.19. The van der Waals surface area contributed by atoms with Gasteiger partial charge in [-0.05, 0) is 30.0 Å². The maximum atomic E-state index is 12.0. The Morgan fingerprint density at radius 2 is 1.65 bits per heavy atom. The number of carboxylic acids is 1. The summed E-state index contributed by atoms with van der Waals surface area (Å²) >= 11 is 12.0. The number of benzene rings is 1. The highest BCUT2D eigenvalue weighted by atomic mass is 35.5. The van der Waals surface area contributed by atoms with E-state index in [9.17, 15) is 24.3 Å². The average Bonchev–Trinajstić information content (AvgIpc) is 2.66. The van der Waals surface area contributed by atoms with E-state index in [2.05, 4.69) is 16.0 Å². The lowest BCUT2D eigenvalue weighted by molar-refractivity contribution is -0.142. The van der Waals surface area contributed by atoms with Crippen molar-refractivity contribution >= 4 is 52.9 Å². The predicted octanol–water partition coefficient (Wildman–Crippen LogP) is 1.04. The number of rotatable bonds is 9. The van der Waals surface area contributed by atoms with E-state index in [1.165, 1.54) is 0 Å². The zero-order valence-electron chi connectivity index (χ0n) is 17.0. The Kier molecular flexibility index (Phi) is 10.4. The molecule has 7 N–H and O–H groups in total. The van der Waals surface area contributed by atoms with Gasteiger partial charge in [-0.1, -0.05) is 43.1 Å². The van der Waals surface area contributed by atoms with Gasteiger partial charge in [0, 0.05) is 16.5 Å². The molecule has 3 amide bonds. The second-order valence-electron chi connectivity index (χ2n) is 7.06. The quantitative estimate of drug-likeness (QED) is 0.230. The number of carbonyl (C=O) groups excluding carboxylic acids is 3. The number of hydrogen-bond donors (Lipinski definition) is 6. The molecule has 1 aromatic carbocycles. The van der Waals surface area contributed by atoms with E-state index < -0.39 is 41.7 Å². The van der Waals surface area contributed by atoms with Gasteiger partial charge in [0.15, 0.2) is 0 Å². The van der Waals surface area contributed by atoms with Crippen LogP contribution in [0.2, 0.25) is 10.0 Å². The summed E-state index contributed by atoms with van der Waals surface area (Å²) in [5.74, 6) is -4.08. The largest absolute Gasteiger partial charge is 0.480 e. The number of nitrogens with one attached hydrogen (secondary N) is 4. The number of amides is 3. The Balaban J connectivity index is 2.53. The van der Waals surface area contributed by atoms with Crippen LogP contribution in [0.25, 0.3) is 0 Å². The van der Waals surface area contributed by atoms with E-state index in [0.29, 0.717) is 5.56 Å². The van der Waals surface area contributed by atoms with E-state index in [1.807, 2.05) is 0 Å². The molecule has 2 atom stereocenters. The summed E-state index contributed by atoms with van der Waals surface area (Å²) in [6.45, 7) is 3.43. The monoisotopic (exact) mass is 473 g/mol. The highest BCUT2D eigenvalue weighted by Crippen LogP contribution is 2.24. The molecule has 0 heterocycles. The minimum atomic E-state index is -1.32. The lowest BCUT2D eigenvalue weighted by Crippen LogP contribution is -2.50. The smallest absolute Gasteiger partial charge is 0.326 e. The molecule has 0 unspecified atom stereocenters. The zero-order chi connectivity index (χ0) is 23.7. The second kappa shape index (κ2) is 12.2. The molecule has 0 saturated carbocycles. The maximum Gasteiger partial charge on any atom is 0.326 e. The Hall–Kier alpha value is -2.69. The fourth-order valence-electron chi connectivity index (χ4n) is 2.38. The topological polar surface area (TPSA) is 174 Å². The van der Waals surface area contributed by atoms with Crippen molar-refractivity contribution in [2.24, 2.45) is 11.7 Å². The first-order chi connectivity index (χ1) is 14.4. The normalized spacial score (nSPS) is 12.6. The van der Waals surface area contributed by atoms with Gasteiger partial charge >= 0.3 is 5.97 Å². The highest BCUT2D eigenvalue weighted by Gasteiger charge is 2.25. The minimum Gasteiger partial charge on any atom is -0.480 e. The van der Waals surface area contributed by atoms with E-state index >= 15 is 0 Å². The number of halogens is 2. The number of nitrogens with two attached hydrogens (primary N) is 1. The summed E-state index contributed by atoms with van der Waals surface area (Å²) in [5.41, 5.74) is 6.06. The summed E-state index contributed by atoms with van der Waals surface area (Å²) in [4.78, 5) is 47.3. The van der Waals surface area contributed by atoms with Gasteiger partial charge in [0.1, 0.15) is 6.04 Å². The molecule has 0 aromatic heterocycles. The molecular weight excluding hydrogens is 449 g/mol. The number of aliphatic carboxylic acids is 1. The molecule has 0 fully saturated rings. The molecule has 0 saturated heterocycles. The number of guanidine groups is 1. The zero-order valence-corrected chi connectivity index (χ0v) is 18.5. The first-order valence-electron chi connectivity index (χ1n) is 9.32. The third kappa shape index (κ3) is 8.91. The Labute approximate surface area is 189 Å². The first kappa shape index (κ1) is 26.3. The van der Waals surface area contributed by atoms with Crippen molar-refractivity contribution in [1.29, 1.82) is 5.41 Å². The molecule has 10 nitrogen and oxygen atoms in total. The molecular formula is C19H25Cl2N5O5. The van der Waals surface area contributed by atoms with Gasteiger partial charge in [0.05, 0.1) is 12.5 Å². The number of carbonyl (C=O) groups is 4. The molecule has 31 heavy (non-hydrogen) atoms. The van der Waals surface area contributed by atoms with Crippen molar-refractivity contribution in [1.82, 2.24) is 16.0 Å². The minimum absolute atomic E-state index is 0.192. The van der Waals surface area contributed by atoms with Crippen LogP contribution in [0.5, 0.6) is 0 Å². The van der Waals surface area contributed by atoms with Crippen molar-refractivity contribution < 1.29 is 24.3 Å². The average molecular weight is 474 g/mol. The van der Waals surface area contributed by atoms with Crippen molar-refractivity contribution in [2.75, 3.05) is 0 Å². The molecule has 0 radical (unpaired) electrons. The summed E-state index contributed by atoms with van der Waals surface area (Å²) < 4.78 is 0. The van der Waals surface area contributed by atoms with Crippen LogP contribution in [0.1, 0.15) is 32.3 Å². The lowest BCUT2D eigenvalue weighted by atomic mass is 10.0. The molecule has 0 aliphatic heterocycles. The van der Waals surface area contributed by atoms with Gasteiger partial charge in [-0.2, -0.15) is 0 Å². The molecule has 0 aliphatic carbocycles. The Morgan fingerprint density at radius 1 is 1.10 bits per heavy atom. The van der Waals surface area contributed by atoms with E-state index in [0.717, 1.165) is 0 Å². The van der Waals surface area contributed by atoms with Gasteiger partial charge in [0.2, 0.25) is 23.7 Å². The third-order valence-electron chi connectivity index (χ3n) is 4.22. The van der Waals surface area contributed by atoms with Crippen molar-refractivity contribution in [3.8, 4) is 0 Å². The Morgan fingerprint density at radius 3 is 2.16 bits per heavy atom. The van der Waals surface area contributed by atoms with Crippen LogP contribution in [-0.4, -0.2) is 46.8 Å². The molecule has 0 bridgehead atoms. The van der Waals surface area contributed by atoms with Crippen molar-refractivity contribution in [3.05, 3.63) is 33.8 Å². The van der Waals surface area contributed by atoms with E-state index in [1.54, 1.807) is 32.0 Å². The Bertz CT molecular complexity index is 842. The van der Waals surface area contributed by atoms with E-state index in [4.69, 9.17) is 34.3 Å². The standard InChI is InChI=1S/C19H25Cl2N5O5/c1-9(2)16(22)17(29)24-13(18(30)31)6-7-14(27)25-19(23)26-15(28)8-10-11(20)4-3-5-12(10)21/h3-5,9,13,16H,6-8,22H2,1-2H3,(H,24,29)(H,30,31)(H3,23,25,26,27,28)/t13-,16-/m1/s1. The summed E-state index contributed by atoms with van der Waals surface area (Å²) in [6, 6.07) is 2.54. The van der Waals surface area contributed by atoms with Crippen LogP contribution in [0.4, 0.5) is 0 Å². The first-order valence-corrected chi connectivity index (χ1v) is 10.1. The van der Waals surface area contributed by atoms with Gasteiger partial charge in [-0.3, -0.25) is 30.4 Å².